The summed E-state index contributed by atoms with van der Waals surface area (Å²) >= 11 is 0. The van der Waals surface area contributed by atoms with Crippen LogP contribution in [0.4, 0.5) is 0 Å². The lowest BCUT2D eigenvalue weighted by Crippen LogP contribution is -2.41. The van der Waals surface area contributed by atoms with Crippen molar-refractivity contribution in [1.82, 2.24) is 0 Å². The SMILES string of the molecule is CCCCCCCCCCCC[N+](C)(C)CCCC.[OH-]. The maximum Gasteiger partial charge on any atom is 0.0782 e. The molecule has 0 unspecified atom stereocenters. The van der Waals surface area contributed by atoms with Crippen molar-refractivity contribution in [2.24, 2.45) is 0 Å². The summed E-state index contributed by atoms with van der Waals surface area (Å²) in [5.41, 5.74) is 0. The van der Waals surface area contributed by atoms with E-state index in [1.807, 2.05) is 0 Å². The van der Waals surface area contributed by atoms with Crippen LogP contribution in [0.3, 0.4) is 0 Å². The molecule has 2 heteroatoms. The molecule has 0 saturated heterocycles. The summed E-state index contributed by atoms with van der Waals surface area (Å²) in [5, 5.41) is 0. The van der Waals surface area contributed by atoms with E-state index in [9.17, 15) is 0 Å². The minimum atomic E-state index is 0. The van der Waals surface area contributed by atoms with Crippen molar-refractivity contribution in [2.75, 3.05) is 27.2 Å². The first-order valence-corrected chi connectivity index (χ1v) is 8.94. The smallest absolute Gasteiger partial charge is 0.0782 e. The van der Waals surface area contributed by atoms with E-state index in [-0.39, 0.29) is 5.48 Å². The van der Waals surface area contributed by atoms with Gasteiger partial charge in [-0.2, -0.15) is 0 Å². The quantitative estimate of drug-likeness (QED) is 0.302. The maximum absolute atomic E-state index is 2.39. The summed E-state index contributed by atoms with van der Waals surface area (Å²) in [4.78, 5) is 0. The van der Waals surface area contributed by atoms with Gasteiger partial charge in [0.05, 0.1) is 27.2 Å². The molecule has 0 aliphatic heterocycles. The number of nitrogens with zero attached hydrogens (tertiary/aromatic N) is 1. The summed E-state index contributed by atoms with van der Waals surface area (Å²) in [6, 6.07) is 0. The highest BCUT2D eigenvalue weighted by Crippen LogP contribution is 2.12. The van der Waals surface area contributed by atoms with Crippen LogP contribution in [0.2, 0.25) is 0 Å². The van der Waals surface area contributed by atoms with Gasteiger partial charge in [-0.1, -0.05) is 71.6 Å². The van der Waals surface area contributed by atoms with Crippen LogP contribution in [0.15, 0.2) is 0 Å². The molecule has 0 heterocycles. The molecule has 0 aromatic carbocycles. The predicted octanol–water partition coefficient (Wildman–Crippen LogP) is 5.61. The topological polar surface area (TPSA) is 30.0 Å². The highest BCUT2D eigenvalue weighted by atomic mass is 16.0. The second kappa shape index (κ2) is 15.3. The minimum Gasteiger partial charge on any atom is -0.870 e. The fraction of sp³-hybridized carbons (Fsp3) is 1.00. The molecular weight excluding hydrogens is 246 g/mol. The van der Waals surface area contributed by atoms with E-state index < -0.39 is 0 Å². The fourth-order valence-corrected chi connectivity index (χ4v) is 2.73. The van der Waals surface area contributed by atoms with Crippen LogP contribution in [0.5, 0.6) is 0 Å². The fourth-order valence-electron chi connectivity index (χ4n) is 2.73. The zero-order valence-electron chi connectivity index (χ0n) is 14.8. The minimum absolute atomic E-state index is 0. The Kier molecular flexibility index (Phi) is 17.0. The van der Waals surface area contributed by atoms with Crippen molar-refractivity contribution in [1.29, 1.82) is 0 Å². The third-order valence-corrected chi connectivity index (χ3v) is 4.23. The van der Waals surface area contributed by atoms with E-state index in [1.165, 1.54) is 94.6 Å². The van der Waals surface area contributed by atoms with E-state index in [4.69, 9.17) is 0 Å². The molecule has 0 aliphatic carbocycles. The van der Waals surface area contributed by atoms with E-state index >= 15 is 0 Å². The van der Waals surface area contributed by atoms with Crippen LogP contribution in [0.1, 0.15) is 90.9 Å². The van der Waals surface area contributed by atoms with Gasteiger partial charge in [0, 0.05) is 0 Å². The molecule has 0 spiro atoms. The number of hydrogen-bond acceptors (Lipinski definition) is 1. The Morgan fingerprint density at radius 1 is 0.500 bits per heavy atom. The van der Waals surface area contributed by atoms with Crippen molar-refractivity contribution in [2.45, 2.75) is 90.9 Å². The van der Waals surface area contributed by atoms with Crippen molar-refractivity contribution in [3.05, 3.63) is 0 Å². The van der Waals surface area contributed by atoms with Gasteiger partial charge in [-0.15, -0.1) is 0 Å². The van der Waals surface area contributed by atoms with Crippen LogP contribution in [-0.2, 0) is 0 Å². The first-order valence-electron chi connectivity index (χ1n) is 8.94. The largest absolute Gasteiger partial charge is 0.870 e. The van der Waals surface area contributed by atoms with Crippen molar-refractivity contribution >= 4 is 0 Å². The molecule has 20 heavy (non-hydrogen) atoms. The molecule has 0 atom stereocenters. The number of hydrogen-bond donors (Lipinski definition) is 0. The number of unbranched alkanes of at least 4 members (excludes halogenated alkanes) is 10. The molecule has 0 fully saturated rings. The van der Waals surface area contributed by atoms with Gasteiger partial charge in [0.25, 0.3) is 0 Å². The van der Waals surface area contributed by atoms with E-state index in [0.29, 0.717) is 0 Å². The maximum atomic E-state index is 2.39. The third-order valence-electron chi connectivity index (χ3n) is 4.23. The first kappa shape index (κ1) is 22.2. The average molecular weight is 288 g/mol. The normalized spacial score (nSPS) is 11.4. The van der Waals surface area contributed by atoms with Crippen molar-refractivity contribution < 1.29 is 9.96 Å². The summed E-state index contributed by atoms with van der Waals surface area (Å²) in [6.45, 7) is 7.31. The van der Waals surface area contributed by atoms with Gasteiger partial charge in [-0.3, -0.25) is 0 Å². The Balaban J connectivity index is 0. The lowest BCUT2D eigenvalue weighted by molar-refractivity contribution is -0.890. The summed E-state index contributed by atoms with van der Waals surface area (Å²) < 4.78 is 1.23. The van der Waals surface area contributed by atoms with E-state index in [2.05, 4.69) is 27.9 Å². The van der Waals surface area contributed by atoms with Crippen molar-refractivity contribution in [3.63, 3.8) is 0 Å². The Bertz CT molecular complexity index is 180. The van der Waals surface area contributed by atoms with Gasteiger partial charge < -0.3 is 9.96 Å². The van der Waals surface area contributed by atoms with Gasteiger partial charge in [0.1, 0.15) is 0 Å². The molecule has 0 rings (SSSR count). The van der Waals surface area contributed by atoms with Gasteiger partial charge >= 0.3 is 0 Å². The van der Waals surface area contributed by atoms with Gasteiger partial charge in [0.2, 0.25) is 0 Å². The lowest BCUT2D eigenvalue weighted by Gasteiger charge is -2.29. The number of quaternary nitrogens is 1. The summed E-state index contributed by atoms with van der Waals surface area (Å²) in [5.74, 6) is 0. The van der Waals surface area contributed by atoms with Crippen LogP contribution in [-0.4, -0.2) is 37.1 Å². The van der Waals surface area contributed by atoms with E-state index in [1.54, 1.807) is 0 Å². The highest BCUT2D eigenvalue weighted by molar-refractivity contribution is 4.47. The Morgan fingerprint density at radius 3 is 1.30 bits per heavy atom. The Labute approximate surface area is 128 Å². The molecule has 124 valence electrons. The molecule has 0 radical (unpaired) electrons. The molecule has 0 saturated carbocycles. The molecule has 0 aromatic rings. The molecule has 0 aliphatic rings. The highest BCUT2D eigenvalue weighted by Gasteiger charge is 2.12. The third kappa shape index (κ3) is 16.0. The Morgan fingerprint density at radius 2 is 0.850 bits per heavy atom. The van der Waals surface area contributed by atoms with Crippen LogP contribution < -0.4 is 0 Å². The van der Waals surface area contributed by atoms with E-state index in [0.717, 1.165) is 0 Å². The predicted molar refractivity (Wildman–Crippen MR) is 90.5 cm³/mol. The summed E-state index contributed by atoms with van der Waals surface area (Å²) in [6.07, 6.45) is 17.2. The number of rotatable bonds is 14. The van der Waals surface area contributed by atoms with Gasteiger partial charge in [-0.05, 0) is 19.3 Å². The van der Waals surface area contributed by atoms with Crippen LogP contribution in [0, 0.1) is 0 Å². The zero-order chi connectivity index (χ0) is 14.4. The molecule has 2 nitrogen and oxygen atoms in total. The van der Waals surface area contributed by atoms with Gasteiger partial charge in [0.15, 0.2) is 0 Å². The van der Waals surface area contributed by atoms with Gasteiger partial charge in [-0.25, -0.2) is 0 Å². The monoisotopic (exact) mass is 287 g/mol. The summed E-state index contributed by atoms with van der Waals surface area (Å²) in [7, 11) is 4.78. The molecule has 1 N–H and O–H groups in total. The average Bonchev–Trinajstić information content (AvgIpc) is 2.38. The van der Waals surface area contributed by atoms with Crippen molar-refractivity contribution in [3.8, 4) is 0 Å². The van der Waals surface area contributed by atoms with Crippen LogP contribution in [0.25, 0.3) is 0 Å². The molecular formula is C18H41NO. The molecule has 0 bridgehead atoms. The standard InChI is InChI=1S/C18H40N.H2O/c1-5-7-9-10-11-12-13-14-15-16-18-19(3,4)17-8-6-2;/h5-18H2,1-4H3;1H2/q+1;/p-1. The second-order valence-corrected chi connectivity index (χ2v) is 6.92. The molecule has 0 amide bonds. The molecule has 0 aromatic heterocycles. The Hall–Kier alpha value is -0.0800. The zero-order valence-corrected chi connectivity index (χ0v) is 14.8. The first-order chi connectivity index (χ1) is 9.12. The lowest BCUT2D eigenvalue weighted by atomic mass is 10.1. The van der Waals surface area contributed by atoms with Crippen LogP contribution >= 0.6 is 0 Å². The second-order valence-electron chi connectivity index (χ2n) is 6.92.